The molecule has 0 bridgehead atoms. The van der Waals surface area contributed by atoms with Crippen molar-refractivity contribution in [3.63, 3.8) is 0 Å². The smallest absolute Gasteiger partial charge is 0.251 e. The van der Waals surface area contributed by atoms with Crippen LogP contribution in [0.3, 0.4) is 0 Å². The highest BCUT2D eigenvalue weighted by molar-refractivity contribution is 7.24. The summed E-state index contributed by atoms with van der Waals surface area (Å²) in [4.78, 5) is 71.8. The van der Waals surface area contributed by atoms with Gasteiger partial charge in [-0.15, -0.1) is 68.0 Å². The summed E-state index contributed by atoms with van der Waals surface area (Å²) in [5, 5.41) is 45.3. The summed E-state index contributed by atoms with van der Waals surface area (Å²) >= 11 is 10.0. The molecule has 0 unspecified atom stereocenters. The van der Waals surface area contributed by atoms with Crippen LogP contribution >= 0.6 is 68.0 Å². The number of likely N-dealkylation sites (N-methyl/N-ethyl adjacent to an activating group) is 1. The molecule has 0 atom stereocenters. The number of benzene rings is 4. The molecule has 4 amide bonds. The molecule has 4 aliphatic rings. The van der Waals surface area contributed by atoms with Crippen LogP contribution in [-0.4, -0.2) is 189 Å². The molecule has 0 aliphatic carbocycles. The van der Waals surface area contributed by atoms with Crippen LogP contribution in [0.1, 0.15) is 72.9 Å². The Hall–Kier alpha value is -7.96. The molecular weight excluding hydrogens is 1490 g/mol. The molecule has 24 nitrogen and oxygen atoms in total. The van der Waals surface area contributed by atoms with Gasteiger partial charge in [0.15, 0.2) is 0 Å². The standard InChI is InChI=1S/C31H38N6O3S2.C25H31N5O2S2.C23H25N5O3S2/c1-37(2)15-13-34-29(39)22-6-4-5-20(17-22)21-7-8-24-25(18-21)41-30(35-24)28-23-9-11-33-19-26(23)42-31(28)36-27(38)10-12-32-14-16-40-3;1-32-13-12-27-11-7-22(31)30-25-23(18-6-10-28-15-21(18)34-25)24-29-19-14-17(2-3-20(19)33-24)16-4-8-26-9-5-16;1-30-9-8-24-7-5-20(29)28-23-21(16-4-6-25-12-19(16)33-23)22-27-17-10-14(2-3-18(17)32-22)15-11-26-31-13-15/h4-8,17-18,32-33H,9-16,19H2,1-3H3,(H,34,39)(H,36,38);2-4,14,26-28H,5-13,15H2,1H3,(H,30,31);2-3,10-11,13,24-25H,4-9,12H2,1H3,(H,28,29). The SMILES string of the molecule is COCCNCCC(=O)Nc1sc2c(c1-c1nc3cc(-c4cnoc4)ccc3s1)CCNC2.COCCNCCC(=O)Nc1sc2c(c1-c1nc3cc(C4=CCNCC4)ccc3s1)CCNC2.COCCNCCC(=O)Nc1sc2c(c1-c1nc3ccc(-c4cccc(C(=O)NCCN(C)C)c4)cc3s1)CCNC2. The van der Waals surface area contributed by atoms with E-state index in [1.54, 1.807) is 102 Å². The third kappa shape index (κ3) is 20.6. The fourth-order valence-electron chi connectivity index (χ4n) is 13.2. The van der Waals surface area contributed by atoms with Crippen LogP contribution in [0.4, 0.5) is 15.0 Å². The van der Waals surface area contributed by atoms with Crippen molar-refractivity contribution in [3.8, 4) is 54.0 Å². The number of hydrogen-bond donors (Lipinski definition) is 11. The second kappa shape index (κ2) is 39.3. The van der Waals surface area contributed by atoms with E-state index in [-0.39, 0.29) is 23.6 Å². The van der Waals surface area contributed by atoms with E-state index in [9.17, 15) is 19.2 Å². The number of aromatic nitrogens is 4. The van der Waals surface area contributed by atoms with Crippen LogP contribution in [0.15, 0.2) is 102 Å². The van der Waals surface area contributed by atoms with E-state index >= 15 is 0 Å². The largest absolute Gasteiger partial charge is 0.383 e. The number of nitrogens with zero attached hydrogens (tertiary/aromatic N) is 5. The quantitative estimate of drug-likeness (QED) is 0.0180. The summed E-state index contributed by atoms with van der Waals surface area (Å²) in [6.45, 7) is 14.5. The molecule has 0 saturated carbocycles. The number of anilines is 3. The maximum absolute atomic E-state index is 12.8. The molecular formula is C79H94N16O8S6. The van der Waals surface area contributed by atoms with Crippen molar-refractivity contribution in [1.82, 2.24) is 67.5 Å². The molecule has 30 heteroatoms. The van der Waals surface area contributed by atoms with Crippen LogP contribution in [0.5, 0.6) is 0 Å². The zero-order chi connectivity index (χ0) is 75.4. The second-order valence-electron chi connectivity index (χ2n) is 26.9. The molecule has 11 aromatic rings. The van der Waals surface area contributed by atoms with Crippen molar-refractivity contribution >= 4 is 143 Å². The van der Waals surface area contributed by atoms with E-state index < -0.39 is 0 Å². The van der Waals surface area contributed by atoms with Crippen molar-refractivity contribution in [2.75, 3.05) is 156 Å². The van der Waals surface area contributed by atoms with Gasteiger partial charge >= 0.3 is 0 Å². The number of carbonyl (C=O) groups excluding carboxylic acids is 4. The van der Waals surface area contributed by atoms with Gasteiger partial charge in [-0.05, 0) is 159 Å². The normalized spacial score (nSPS) is 14.0. The minimum absolute atomic E-state index is 0.00331. The topological polar surface area (TPSA) is 296 Å². The van der Waals surface area contributed by atoms with Crippen LogP contribution in [0, 0.1) is 0 Å². The van der Waals surface area contributed by atoms with E-state index in [0.29, 0.717) is 70.8 Å². The van der Waals surface area contributed by atoms with Crippen LogP contribution < -0.4 is 58.5 Å². The highest BCUT2D eigenvalue weighted by Crippen LogP contribution is 2.49. The van der Waals surface area contributed by atoms with Gasteiger partial charge in [0.05, 0.1) is 56.7 Å². The molecule has 4 aromatic carbocycles. The number of amides is 4. The summed E-state index contributed by atoms with van der Waals surface area (Å²) in [5.74, 6) is -0.0544. The molecule has 15 rings (SSSR count). The van der Waals surface area contributed by atoms with Crippen molar-refractivity contribution in [1.29, 1.82) is 0 Å². The number of ether oxygens (including phenoxy) is 3. The van der Waals surface area contributed by atoms with Gasteiger partial charge in [0, 0.05) is 162 Å². The average molecular weight is 1590 g/mol. The predicted octanol–water partition coefficient (Wildman–Crippen LogP) is 11.7. The lowest BCUT2D eigenvalue weighted by atomic mass is 10.0. The van der Waals surface area contributed by atoms with Gasteiger partial charge in [0.2, 0.25) is 17.7 Å². The Balaban J connectivity index is 0.000000145. The third-order valence-electron chi connectivity index (χ3n) is 18.9. The van der Waals surface area contributed by atoms with E-state index in [2.05, 4.69) is 118 Å². The van der Waals surface area contributed by atoms with Gasteiger partial charge in [-0.3, -0.25) is 19.2 Å². The number of carbonyl (C=O) groups is 4. The monoisotopic (exact) mass is 1590 g/mol. The number of rotatable bonds is 31. The fourth-order valence-corrected chi connectivity index (χ4v) is 20.3. The summed E-state index contributed by atoms with van der Waals surface area (Å²) in [6, 6.07) is 26.8. The Kier molecular flexibility index (Phi) is 28.5. The molecule has 11 N–H and O–H groups in total. The molecule has 574 valence electrons. The zero-order valence-electron chi connectivity index (χ0n) is 62.1. The van der Waals surface area contributed by atoms with Crippen molar-refractivity contribution in [2.24, 2.45) is 0 Å². The molecule has 11 heterocycles. The molecule has 0 saturated heterocycles. The zero-order valence-corrected chi connectivity index (χ0v) is 67.0. The lowest BCUT2D eigenvalue weighted by Gasteiger charge is -2.14. The highest BCUT2D eigenvalue weighted by Gasteiger charge is 2.29. The predicted molar refractivity (Wildman–Crippen MR) is 446 cm³/mol. The van der Waals surface area contributed by atoms with Gasteiger partial charge in [-0.2, -0.15) is 0 Å². The molecule has 7 aromatic heterocycles. The summed E-state index contributed by atoms with van der Waals surface area (Å²) in [6.07, 6.45) is 10.7. The van der Waals surface area contributed by atoms with Gasteiger partial charge < -0.3 is 82.1 Å². The molecule has 0 radical (unpaired) electrons. The maximum Gasteiger partial charge on any atom is 0.251 e. The number of nitrogens with one attached hydrogen (secondary N) is 11. The molecule has 0 fully saturated rings. The number of thiophene rings is 3. The Labute approximate surface area is 658 Å². The van der Waals surface area contributed by atoms with Crippen molar-refractivity contribution in [2.45, 2.75) is 64.6 Å². The number of thiazole rings is 3. The Morgan fingerprint density at radius 2 is 0.954 bits per heavy atom. The van der Waals surface area contributed by atoms with Gasteiger partial charge in [0.1, 0.15) is 36.3 Å². The Morgan fingerprint density at radius 1 is 0.486 bits per heavy atom. The molecule has 0 spiro atoms. The highest BCUT2D eigenvalue weighted by atomic mass is 32.1. The maximum atomic E-state index is 12.8. The lowest BCUT2D eigenvalue weighted by Crippen LogP contribution is -2.31. The van der Waals surface area contributed by atoms with Crippen LogP contribution in [0.2, 0.25) is 0 Å². The van der Waals surface area contributed by atoms with E-state index in [1.165, 1.54) is 47.2 Å². The first-order valence-corrected chi connectivity index (χ1v) is 41.9. The van der Waals surface area contributed by atoms with E-state index in [0.717, 1.165) is 199 Å². The van der Waals surface area contributed by atoms with Crippen molar-refractivity contribution in [3.05, 3.63) is 140 Å². The number of fused-ring (bicyclic) bond motifs is 6. The van der Waals surface area contributed by atoms with Crippen LogP contribution in [-0.2, 0) is 67.5 Å². The van der Waals surface area contributed by atoms with Gasteiger partial charge in [0.25, 0.3) is 5.91 Å². The first-order chi connectivity index (χ1) is 53.4. The molecule has 109 heavy (non-hydrogen) atoms. The Bertz CT molecular complexity index is 4960. The Morgan fingerprint density at radius 3 is 1.44 bits per heavy atom. The first kappa shape index (κ1) is 79.1. The number of methoxy groups -OCH3 is 3. The average Bonchev–Trinajstić information content (AvgIpc) is 1.63. The van der Waals surface area contributed by atoms with E-state index in [4.69, 9.17) is 33.7 Å². The van der Waals surface area contributed by atoms with Crippen molar-refractivity contribution < 1.29 is 37.9 Å². The van der Waals surface area contributed by atoms with E-state index in [1.807, 2.05) is 49.3 Å². The summed E-state index contributed by atoms with van der Waals surface area (Å²) in [7, 11) is 8.98. The minimum atomic E-state index is -0.0723. The van der Waals surface area contributed by atoms with Crippen LogP contribution in [0.25, 0.3) is 90.2 Å². The number of hydrogen-bond acceptors (Lipinski definition) is 26. The second-order valence-corrected chi connectivity index (χ2v) is 33.3. The fraction of sp³-hybridized carbons (Fsp3) is 0.392. The van der Waals surface area contributed by atoms with Gasteiger partial charge in [-0.25, -0.2) is 15.0 Å². The molecule has 4 aliphatic heterocycles. The first-order valence-electron chi connectivity index (χ1n) is 37.0. The summed E-state index contributed by atoms with van der Waals surface area (Å²) < 4.78 is 23.5. The minimum Gasteiger partial charge on any atom is -0.383 e. The third-order valence-corrected chi connectivity index (χ3v) is 25.5. The lowest BCUT2D eigenvalue weighted by molar-refractivity contribution is -0.116. The van der Waals surface area contributed by atoms with Gasteiger partial charge in [-0.1, -0.05) is 41.6 Å². The summed E-state index contributed by atoms with van der Waals surface area (Å²) in [5.41, 5.74) is 17.3.